The van der Waals surface area contributed by atoms with Crippen molar-refractivity contribution in [1.29, 1.82) is 0 Å². The molecule has 0 unspecified atom stereocenters. The van der Waals surface area contributed by atoms with Gasteiger partial charge in [0.1, 0.15) is 6.04 Å². The van der Waals surface area contributed by atoms with E-state index in [1.165, 1.54) is 4.31 Å². The number of hydrogen-bond acceptors (Lipinski definition) is 4. The third kappa shape index (κ3) is 5.44. The molecular formula is C9H20N2O5S. The number of carboxylic acid groups (broad SMARTS) is 1. The predicted molar refractivity (Wildman–Crippen MR) is 62.7 cm³/mol. The Kier molecular flexibility index (Phi) is 7.28. The van der Waals surface area contributed by atoms with E-state index in [0.717, 1.165) is 0 Å². The highest BCUT2D eigenvalue weighted by Gasteiger charge is 2.27. The molecule has 3 N–H and O–H groups in total. The third-order valence-corrected chi connectivity index (χ3v) is 3.69. The molecule has 0 amide bonds. The SMILES string of the molecule is CCCN(CCC)S(=O)(=O)N[C@H](CO)C(=O)O. The number of hydrogen-bond donors (Lipinski definition) is 3. The van der Waals surface area contributed by atoms with Crippen molar-refractivity contribution in [2.75, 3.05) is 19.7 Å². The van der Waals surface area contributed by atoms with Crippen LogP contribution in [0.4, 0.5) is 0 Å². The molecule has 0 heterocycles. The number of nitrogens with one attached hydrogen (secondary N) is 1. The topological polar surface area (TPSA) is 107 Å². The van der Waals surface area contributed by atoms with E-state index in [4.69, 9.17) is 10.2 Å². The highest BCUT2D eigenvalue weighted by atomic mass is 32.2. The molecule has 0 radical (unpaired) electrons. The molecule has 8 heteroatoms. The van der Waals surface area contributed by atoms with E-state index in [2.05, 4.69) is 0 Å². The molecule has 0 aliphatic heterocycles. The van der Waals surface area contributed by atoms with Gasteiger partial charge < -0.3 is 10.2 Å². The van der Waals surface area contributed by atoms with Crippen LogP contribution in [0.2, 0.25) is 0 Å². The van der Waals surface area contributed by atoms with Crippen molar-refractivity contribution >= 4 is 16.2 Å². The van der Waals surface area contributed by atoms with Crippen molar-refractivity contribution in [2.24, 2.45) is 0 Å². The van der Waals surface area contributed by atoms with Crippen molar-refractivity contribution in [3.05, 3.63) is 0 Å². The molecule has 0 aliphatic rings. The standard InChI is InChI=1S/C9H20N2O5S/c1-3-5-11(6-4-2)17(15,16)10-8(7-12)9(13)14/h8,10,12H,3-7H2,1-2H3,(H,13,14)/t8-/m1/s1. The molecule has 0 fully saturated rings. The summed E-state index contributed by atoms with van der Waals surface area (Å²) >= 11 is 0. The van der Waals surface area contributed by atoms with E-state index < -0.39 is 28.8 Å². The van der Waals surface area contributed by atoms with Gasteiger partial charge in [-0.05, 0) is 12.8 Å². The van der Waals surface area contributed by atoms with Crippen molar-refractivity contribution in [1.82, 2.24) is 9.03 Å². The minimum Gasteiger partial charge on any atom is -0.480 e. The Labute approximate surface area is 102 Å². The maximum absolute atomic E-state index is 11.8. The molecule has 102 valence electrons. The number of carboxylic acids is 1. The van der Waals surface area contributed by atoms with Crippen LogP contribution in [0.3, 0.4) is 0 Å². The fourth-order valence-corrected chi connectivity index (χ4v) is 2.80. The van der Waals surface area contributed by atoms with E-state index >= 15 is 0 Å². The van der Waals surface area contributed by atoms with Gasteiger partial charge in [-0.2, -0.15) is 17.4 Å². The van der Waals surface area contributed by atoms with Gasteiger partial charge in [0.25, 0.3) is 10.2 Å². The van der Waals surface area contributed by atoms with Crippen LogP contribution in [-0.2, 0) is 15.0 Å². The second-order valence-electron chi connectivity index (χ2n) is 3.60. The number of aliphatic hydroxyl groups is 1. The Morgan fingerprint density at radius 2 is 1.76 bits per heavy atom. The Balaban J connectivity index is 4.77. The fourth-order valence-electron chi connectivity index (χ4n) is 1.27. The van der Waals surface area contributed by atoms with Gasteiger partial charge in [-0.1, -0.05) is 13.8 Å². The Morgan fingerprint density at radius 1 is 1.29 bits per heavy atom. The maximum Gasteiger partial charge on any atom is 0.324 e. The van der Waals surface area contributed by atoms with Crippen LogP contribution in [0.1, 0.15) is 26.7 Å². The number of aliphatic carboxylic acids is 1. The Bertz CT molecular complexity index is 324. The predicted octanol–water partition coefficient (Wildman–Crippen LogP) is -0.612. The van der Waals surface area contributed by atoms with Crippen LogP contribution in [0.15, 0.2) is 0 Å². The normalized spacial score (nSPS) is 13.9. The van der Waals surface area contributed by atoms with Crippen LogP contribution in [0.25, 0.3) is 0 Å². The highest BCUT2D eigenvalue weighted by molar-refractivity contribution is 7.87. The highest BCUT2D eigenvalue weighted by Crippen LogP contribution is 2.02. The first-order chi connectivity index (χ1) is 7.88. The quantitative estimate of drug-likeness (QED) is 0.517. The van der Waals surface area contributed by atoms with E-state index in [0.29, 0.717) is 25.9 Å². The summed E-state index contributed by atoms with van der Waals surface area (Å²) in [6.07, 6.45) is 1.27. The zero-order chi connectivity index (χ0) is 13.5. The first-order valence-corrected chi connectivity index (χ1v) is 6.94. The lowest BCUT2D eigenvalue weighted by Crippen LogP contribution is -2.50. The average Bonchev–Trinajstić information content (AvgIpc) is 2.25. The lowest BCUT2D eigenvalue weighted by atomic mass is 10.3. The van der Waals surface area contributed by atoms with Crippen LogP contribution >= 0.6 is 0 Å². The van der Waals surface area contributed by atoms with Gasteiger partial charge in [0.15, 0.2) is 0 Å². The molecule has 0 spiro atoms. The van der Waals surface area contributed by atoms with Crippen molar-refractivity contribution < 1.29 is 23.4 Å². The first kappa shape index (κ1) is 16.3. The summed E-state index contributed by atoms with van der Waals surface area (Å²) in [6.45, 7) is 3.53. The van der Waals surface area contributed by atoms with Gasteiger partial charge >= 0.3 is 5.97 Å². The van der Waals surface area contributed by atoms with Gasteiger partial charge in [0, 0.05) is 13.1 Å². The van der Waals surface area contributed by atoms with Gasteiger partial charge in [-0.25, -0.2) is 0 Å². The number of nitrogens with zero attached hydrogens (tertiary/aromatic N) is 1. The summed E-state index contributed by atoms with van der Waals surface area (Å²) in [6, 6.07) is -1.50. The molecule has 17 heavy (non-hydrogen) atoms. The second-order valence-corrected chi connectivity index (χ2v) is 5.30. The molecule has 0 aromatic rings. The number of rotatable bonds is 9. The fraction of sp³-hybridized carbons (Fsp3) is 0.889. The molecule has 0 aromatic heterocycles. The largest absolute Gasteiger partial charge is 0.480 e. The summed E-state index contributed by atoms with van der Waals surface area (Å²) in [4.78, 5) is 10.6. The number of aliphatic hydroxyl groups excluding tert-OH is 1. The molecule has 0 aliphatic carbocycles. The molecule has 0 rings (SSSR count). The Hall–Kier alpha value is -0.700. The first-order valence-electron chi connectivity index (χ1n) is 5.50. The van der Waals surface area contributed by atoms with Crippen LogP contribution in [-0.4, -0.2) is 54.6 Å². The third-order valence-electron chi connectivity index (χ3n) is 2.06. The second kappa shape index (κ2) is 7.59. The van der Waals surface area contributed by atoms with Gasteiger partial charge in [-0.3, -0.25) is 4.79 Å². The van der Waals surface area contributed by atoms with E-state index in [-0.39, 0.29) is 0 Å². The summed E-state index contributed by atoms with van der Waals surface area (Å²) in [5.41, 5.74) is 0. The monoisotopic (exact) mass is 268 g/mol. The van der Waals surface area contributed by atoms with E-state index in [1.54, 1.807) is 0 Å². The van der Waals surface area contributed by atoms with E-state index in [9.17, 15) is 13.2 Å². The van der Waals surface area contributed by atoms with Crippen molar-refractivity contribution in [3.63, 3.8) is 0 Å². The molecule has 1 atom stereocenters. The zero-order valence-electron chi connectivity index (χ0n) is 10.1. The molecule has 7 nitrogen and oxygen atoms in total. The van der Waals surface area contributed by atoms with E-state index in [1.807, 2.05) is 18.6 Å². The summed E-state index contributed by atoms with van der Waals surface area (Å²) in [5, 5.41) is 17.4. The average molecular weight is 268 g/mol. The lowest BCUT2D eigenvalue weighted by molar-refractivity contribution is -0.139. The Morgan fingerprint density at radius 3 is 2.06 bits per heavy atom. The van der Waals surface area contributed by atoms with Gasteiger partial charge in [0.05, 0.1) is 6.61 Å². The maximum atomic E-state index is 11.8. The minimum atomic E-state index is -3.86. The molecule has 0 saturated heterocycles. The molecule has 0 saturated carbocycles. The zero-order valence-corrected chi connectivity index (χ0v) is 10.9. The molecule has 0 aromatic carbocycles. The van der Waals surface area contributed by atoms with Crippen molar-refractivity contribution in [2.45, 2.75) is 32.7 Å². The summed E-state index contributed by atoms with van der Waals surface area (Å²) in [5.74, 6) is -1.40. The molecule has 0 bridgehead atoms. The minimum absolute atomic E-state index is 0.320. The van der Waals surface area contributed by atoms with Crippen molar-refractivity contribution in [3.8, 4) is 0 Å². The smallest absolute Gasteiger partial charge is 0.324 e. The van der Waals surface area contributed by atoms with Crippen LogP contribution in [0, 0.1) is 0 Å². The molecular weight excluding hydrogens is 248 g/mol. The van der Waals surface area contributed by atoms with Gasteiger partial charge in [0.2, 0.25) is 0 Å². The number of carbonyl (C=O) groups is 1. The van der Waals surface area contributed by atoms with Crippen LogP contribution in [0.5, 0.6) is 0 Å². The summed E-state index contributed by atoms with van der Waals surface area (Å²) in [7, 11) is -3.86. The van der Waals surface area contributed by atoms with Crippen LogP contribution < -0.4 is 4.72 Å². The summed E-state index contributed by atoms with van der Waals surface area (Å²) < 4.78 is 26.8. The lowest BCUT2D eigenvalue weighted by Gasteiger charge is -2.23. The van der Waals surface area contributed by atoms with Gasteiger partial charge in [-0.15, -0.1) is 0 Å².